The maximum atomic E-state index is 12.0. The molecule has 1 aliphatic carbocycles. The van der Waals surface area contributed by atoms with E-state index in [0.29, 0.717) is 13.0 Å². The first-order chi connectivity index (χ1) is 9.65. The first-order valence-corrected chi connectivity index (χ1v) is 8.81. The fourth-order valence-corrected chi connectivity index (χ4v) is 4.12. The van der Waals surface area contributed by atoms with Crippen molar-refractivity contribution >= 4 is 46.0 Å². The summed E-state index contributed by atoms with van der Waals surface area (Å²) in [5.41, 5.74) is 5.70. The van der Waals surface area contributed by atoms with Crippen LogP contribution >= 0.6 is 40.1 Å². The summed E-state index contributed by atoms with van der Waals surface area (Å²) in [5, 5.41) is 3.15. The van der Waals surface area contributed by atoms with E-state index < -0.39 is 0 Å². The summed E-state index contributed by atoms with van der Waals surface area (Å²) in [7, 11) is 0. The van der Waals surface area contributed by atoms with Crippen LogP contribution in [0.15, 0.2) is 33.6 Å². The number of amides is 1. The van der Waals surface area contributed by atoms with Gasteiger partial charge in [0.15, 0.2) is 0 Å². The summed E-state index contributed by atoms with van der Waals surface area (Å²) in [5.74, 6) is 0.909. The number of halogens is 2. The van der Waals surface area contributed by atoms with Crippen molar-refractivity contribution in [1.29, 1.82) is 0 Å². The molecule has 0 saturated heterocycles. The van der Waals surface area contributed by atoms with Gasteiger partial charge < -0.3 is 11.1 Å². The van der Waals surface area contributed by atoms with Crippen LogP contribution in [-0.4, -0.2) is 23.7 Å². The molecule has 1 aliphatic rings. The van der Waals surface area contributed by atoms with Gasteiger partial charge in [0, 0.05) is 28.1 Å². The lowest BCUT2D eigenvalue weighted by molar-refractivity contribution is -0.122. The van der Waals surface area contributed by atoms with E-state index >= 15 is 0 Å². The molecule has 0 bridgehead atoms. The van der Waals surface area contributed by atoms with Crippen LogP contribution in [0, 0.1) is 0 Å². The largest absolute Gasteiger partial charge is 0.349 e. The monoisotopic (exact) mass is 392 g/mol. The van der Waals surface area contributed by atoms with E-state index in [1.54, 1.807) is 11.8 Å². The molecule has 3 nitrogen and oxygen atoms in total. The molecule has 0 aromatic heterocycles. The molecule has 1 aromatic rings. The number of nitrogens with one attached hydrogen (secondary N) is 1. The Hall–Kier alpha value is -0.230. The Morgan fingerprint density at radius 2 is 2.00 bits per heavy atom. The third kappa shape index (κ3) is 5.47. The number of thioether (sulfide) groups is 1. The molecule has 21 heavy (non-hydrogen) atoms. The van der Waals surface area contributed by atoms with Gasteiger partial charge >= 0.3 is 0 Å². The molecule has 0 heterocycles. The zero-order valence-corrected chi connectivity index (χ0v) is 15.2. The molecular weight excluding hydrogens is 372 g/mol. The van der Waals surface area contributed by atoms with E-state index in [-0.39, 0.29) is 23.9 Å². The summed E-state index contributed by atoms with van der Waals surface area (Å²) >= 11 is 5.22. The van der Waals surface area contributed by atoms with Crippen molar-refractivity contribution in [3.8, 4) is 0 Å². The number of carbonyl (C=O) groups is 1. The van der Waals surface area contributed by atoms with Crippen LogP contribution in [-0.2, 0) is 4.79 Å². The molecule has 1 fully saturated rings. The van der Waals surface area contributed by atoms with Gasteiger partial charge in [0.2, 0.25) is 5.91 Å². The standard InChI is InChI=1S/C15H21BrN2OS.ClH/c16-12-5-1-2-6-13(12)20-10-7-14(19)18-15(11-17)8-3-4-9-15;/h1-2,5-6H,3-4,7-11,17H2,(H,18,19);1H. The molecule has 0 aliphatic heterocycles. The van der Waals surface area contributed by atoms with Crippen molar-refractivity contribution in [2.75, 3.05) is 12.3 Å². The Bertz CT molecular complexity index is 467. The van der Waals surface area contributed by atoms with Gasteiger partial charge in [0.1, 0.15) is 0 Å². The highest BCUT2D eigenvalue weighted by Gasteiger charge is 2.33. The first kappa shape index (κ1) is 18.8. The van der Waals surface area contributed by atoms with Gasteiger partial charge in [-0.3, -0.25) is 4.79 Å². The topological polar surface area (TPSA) is 55.1 Å². The minimum atomic E-state index is -0.130. The van der Waals surface area contributed by atoms with E-state index in [2.05, 4.69) is 27.3 Å². The maximum absolute atomic E-state index is 12.0. The number of hydrogen-bond donors (Lipinski definition) is 2. The third-order valence-corrected chi connectivity index (χ3v) is 5.81. The minimum absolute atomic E-state index is 0. The maximum Gasteiger partial charge on any atom is 0.221 e. The molecular formula is C15H22BrClN2OS. The predicted octanol–water partition coefficient (Wildman–Crippen LogP) is 3.74. The van der Waals surface area contributed by atoms with Crippen molar-refractivity contribution < 1.29 is 4.79 Å². The molecule has 6 heteroatoms. The van der Waals surface area contributed by atoms with Crippen LogP contribution in [0.1, 0.15) is 32.1 Å². The van der Waals surface area contributed by atoms with Crippen molar-refractivity contribution in [1.82, 2.24) is 5.32 Å². The van der Waals surface area contributed by atoms with Crippen LogP contribution in [0.5, 0.6) is 0 Å². The second-order valence-corrected chi connectivity index (χ2v) is 7.26. The second kappa shape index (κ2) is 9.03. The molecule has 0 spiro atoms. The van der Waals surface area contributed by atoms with Gasteiger partial charge in [-0.2, -0.15) is 0 Å². The van der Waals surface area contributed by atoms with E-state index in [1.807, 2.05) is 18.2 Å². The molecule has 2 rings (SSSR count). The number of rotatable bonds is 6. The van der Waals surface area contributed by atoms with E-state index in [0.717, 1.165) is 23.1 Å². The van der Waals surface area contributed by atoms with Crippen LogP contribution in [0.4, 0.5) is 0 Å². The van der Waals surface area contributed by atoms with Gasteiger partial charge in [-0.1, -0.05) is 25.0 Å². The lowest BCUT2D eigenvalue weighted by atomic mass is 9.98. The average molecular weight is 394 g/mol. The fraction of sp³-hybridized carbons (Fsp3) is 0.533. The molecule has 1 amide bonds. The Kier molecular flexibility index (Phi) is 8.09. The normalized spacial score (nSPS) is 16.3. The van der Waals surface area contributed by atoms with Gasteiger partial charge in [-0.25, -0.2) is 0 Å². The van der Waals surface area contributed by atoms with Crippen LogP contribution in [0.25, 0.3) is 0 Å². The van der Waals surface area contributed by atoms with Crippen molar-refractivity contribution in [2.24, 2.45) is 5.73 Å². The van der Waals surface area contributed by atoms with Gasteiger partial charge in [0.05, 0.1) is 5.54 Å². The Morgan fingerprint density at radius 1 is 1.33 bits per heavy atom. The number of benzene rings is 1. The molecule has 0 radical (unpaired) electrons. The summed E-state index contributed by atoms with van der Waals surface area (Å²) in [6.07, 6.45) is 4.92. The summed E-state index contributed by atoms with van der Waals surface area (Å²) in [6, 6.07) is 8.08. The number of nitrogens with two attached hydrogens (primary N) is 1. The number of hydrogen-bond acceptors (Lipinski definition) is 3. The second-order valence-electron chi connectivity index (χ2n) is 5.27. The van der Waals surface area contributed by atoms with E-state index in [1.165, 1.54) is 17.7 Å². The summed E-state index contributed by atoms with van der Waals surface area (Å²) in [6.45, 7) is 0.552. The van der Waals surface area contributed by atoms with Crippen LogP contribution in [0.3, 0.4) is 0 Å². The average Bonchev–Trinajstić information content (AvgIpc) is 2.90. The number of carbonyl (C=O) groups excluding carboxylic acids is 1. The summed E-state index contributed by atoms with van der Waals surface area (Å²) < 4.78 is 1.08. The molecule has 3 N–H and O–H groups in total. The lowest BCUT2D eigenvalue weighted by Gasteiger charge is -2.28. The predicted molar refractivity (Wildman–Crippen MR) is 95.1 cm³/mol. The van der Waals surface area contributed by atoms with E-state index in [4.69, 9.17) is 5.73 Å². The summed E-state index contributed by atoms with van der Waals surface area (Å²) in [4.78, 5) is 13.2. The molecule has 1 saturated carbocycles. The van der Waals surface area contributed by atoms with Crippen molar-refractivity contribution in [3.05, 3.63) is 28.7 Å². The molecule has 118 valence electrons. The van der Waals surface area contributed by atoms with Crippen LogP contribution in [0.2, 0.25) is 0 Å². The Balaban J connectivity index is 0.00000220. The quantitative estimate of drug-likeness (QED) is 0.724. The SMILES string of the molecule is Cl.NCC1(NC(=O)CCSc2ccccc2Br)CCCC1. The zero-order chi connectivity index (χ0) is 14.4. The first-order valence-electron chi connectivity index (χ1n) is 7.04. The molecule has 0 unspecified atom stereocenters. The highest BCUT2D eigenvalue weighted by atomic mass is 79.9. The van der Waals surface area contributed by atoms with Gasteiger partial charge in [-0.15, -0.1) is 24.2 Å². The van der Waals surface area contributed by atoms with Crippen molar-refractivity contribution in [2.45, 2.75) is 42.5 Å². The fourth-order valence-electron chi connectivity index (χ4n) is 2.61. The third-order valence-electron chi connectivity index (χ3n) is 3.78. The Morgan fingerprint density at radius 3 is 2.62 bits per heavy atom. The molecule has 1 aromatic carbocycles. The zero-order valence-electron chi connectivity index (χ0n) is 11.9. The lowest BCUT2D eigenvalue weighted by Crippen LogP contribution is -2.51. The highest BCUT2D eigenvalue weighted by Crippen LogP contribution is 2.29. The van der Waals surface area contributed by atoms with Crippen LogP contribution < -0.4 is 11.1 Å². The minimum Gasteiger partial charge on any atom is -0.349 e. The van der Waals surface area contributed by atoms with Gasteiger partial charge in [0.25, 0.3) is 0 Å². The van der Waals surface area contributed by atoms with Crippen molar-refractivity contribution in [3.63, 3.8) is 0 Å². The Labute approximate surface area is 145 Å². The van der Waals surface area contributed by atoms with E-state index in [9.17, 15) is 4.79 Å². The molecule has 0 atom stereocenters. The van der Waals surface area contributed by atoms with Gasteiger partial charge in [-0.05, 0) is 40.9 Å². The highest BCUT2D eigenvalue weighted by molar-refractivity contribution is 9.10. The smallest absolute Gasteiger partial charge is 0.221 e.